The van der Waals surface area contributed by atoms with Gasteiger partial charge in [-0.2, -0.15) is 5.26 Å². The Morgan fingerprint density at radius 3 is 2.67 bits per heavy atom. The largest absolute Gasteiger partial charge is 0.374 e. The molecule has 0 spiro atoms. The van der Waals surface area contributed by atoms with Gasteiger partial charge in [0.05, 0.1) is 12.5 Å². The number of nitriles is 1. The van der Waals surface area contributed by atoms with E-state index in [4.69, 9.17) is 16.7 Å². The van der Waals surface area contributed by atoms with E-state index in [1.807, 2.05) is 36.2 Å². The first-order valence-corrected chi connectivity index (χ1v) is 5.49. The molecule has 0 atom stereocenters. The first kappa shape index (κ1) is 13.5. The van der Waals surface area contributed by atoms with Crippen molar-refractivity contribution in [2.24, 2.45) is 16.6 Å². The van der Waals surface area contributed by atoms with Gasteiger partial charge in [-0.05, 0) is 24.3 Å². The Labute approximate surface area is 106 Å². The molecule has 1 aromatic carbocycles. The molecular weight excluding hydrogens is 228 g/mol. The van der Waals surface area contributed by atoms with Crippen molar-refractivity contribution >= 4 is 17.9 Å². The Kier molecular flexibility index (Phi) is 5.19. The molecule has 0 radical (unpaired) electrons. The third-order valence-electron chi connectivity index (χ3n) is 2.32. The number of hydrogen-bond acceptors (Lipinski definition) is 3. The van der Waals surface area contributed by atoms with Gasteiger partial charge in [-0.3, -0.25) is 0 Å². The Hall–Kier alpha value is -2.55. The van der Waals surface area contributed by atoms with Crippen molar-refractivity contribution in [2.75, 3.05) is 18.5 Å². The fourth-order valence-corrected chi connectivity index (χ4v) is 1.35. The number of hydrogen-bond donors (Lipinski definition) is 3. The number of anilines is 1. The molecule has 6 heteroatoms. The summed E-state index contributed by atoms with van der Waals surface area (Å²) >= 11 is 0. The molecule has 0 fully saturated rings. The van der Waals surface area contributed by atoms with Crippen LogP contribution >= 0.6 is 0 Å². The molecule has 0 bridgehead atoms. The van der Waals surface area contributed by atoms with Crippen LogP contribution < -0.4 is 21.5 Å². The van der Waals surface area contributed by atoms with Crippen LogP contribution in [0, 0.1) is 11.3 Å². The molecule has 18 heavy (non-hydrogen) atoms. The molecule has 0 aliphatic rings. The average Bonchev–Trinajstić information content (AvgIpc) is 2.36. The molecule has 0 heterocycles. The highest BCUT2D eigenvalue weighted by molar-refractivity contribution is 5.77. The van der Waals surface area contributed by atoms with E-state index in [0.717, 1.165) is 11.3 Å². The molecule has 0 unspecified atom stereocenters. The second-order valence-electron chi connectivity index (χ2n) is 3.73. The maximum atomic E-state index is 8.53. The number of nitrogens with two attached hydrogens (primary N) is 2. The van der Waals surface area contributed by atoms with E-state index >= 15 is 0 Å². The van der Waals surface area contributed by atoms with Gasteiger partial charge >= 0.3 is 0 Å². The van der Waals surface area contributed by atoms with Crippen molar-refractivity contribution in [1.29, 1.82) is 5.26 Å². The van der Waals surface area contributed by atoms with Gasteiger partial charge in [0.2, 0.25) is 6.21 Å². The van der Waals surface area contributed by atoms with Gasteiger partial charge in [0, 0.05) is 29.9 Å². The van der Waals surface area contributed by atoms with Crippen LogP contribution in [0.1, 0.15) is 12.0 Å². The summed E-state index contributed by atoms with van der Waals surface area (Å²) in [4.78, 5) is 2.02. The Bertz CT molecular complexity index is 464. The minimum atomic E-state index is -0.0147. The summed E-state index contributed by atoms with van der Waals surface area (Å²) < 4.78 is 0. The fourth-order valence-electron chi connectivity index (χ4n) is 1.35. The van der Waals surface area contributed by atoms with Crippen molar-refractivity contribution in [2.45, 2.75) is 6.42 Å². The van der Waals surface area contributed by atoms with Crippen molar-refractivity contribution in [3.05, 3.63) is 29.8 Å². The Morgan fingerprint density at radius 1 is 1.44 bits per heavy atom. The monoisotopic (exact) mass is 245 g/mol. The minimum Gasteiger partial charge on any atom is -0.374 e. The third-order valence-corrected chi connectivity index (χ3v) is 2.32. The predicted molar refractivity (Wildman–Crippen MR) is 71.9 cm³/mol. The first-order valence-electron chi connectivity index (χ1n) is 5.49. The second-order valence-corrected chi connectivity index (χ2v) is 3.73. The van der Waals surface area contributed by atoms with Gasteiger partial charge in [0.15, 0.2) is 0 Å². The molecule has 6 nitrogen and oxygen atoms in total. The smallest absolute Gasteiger partial charge is 0.256 e. The van der Waals surface area contributed by atoms with Crippen molar-refractivity contribution < 1.29 is 5.10 Å². The van der Waals surface area contributed by atoms with Crippen LogP contribution in [0.3, 0.4) is 0 Å². The molecule has 1 aromatic rings. The lowest BCUT2D eigenvalue weighted by atomic mass is 10.2. The van der Waals surface area contributed by atoms with Crippen LogP contribution in [0.5, 0.6) is 0 Å². The van der Waals surface area contributed by atoms with Gasteiger partial charge in [0.1, 0.15) is 0 Å². The fraction of sp³-hybridized carbons (Fsp3) is 0.250. The van der Waals surface area contributed by atoms with E-state index in [9.17, 15) is 0 Å². The summed E-state index contributed by atoms with van der Waals surface area (Å²) in [5.74, 6) is -0.0147. The number of nitrogens with zero attached hydrogens (tertiary/aromatic N) is 3. The van der Waals surface area contributed by atoms with E-state index in [1.54, 1.807) is 6.21 Å². The molecular formula is C12H17N6+. The van der Waals surface area contributed by atoms with Crippen molar-refractivity contribution in [3.63, 3.8) is 0 Å². The first-order chi connectivity index (χ1) is 8.63. The van der Waals surface area contributed by atoms with E-state index in [1.165, 1.54) is 0 Å². The Balaban J connectivity index is 2.65. The zero-order chi connectivity index (χ0) is 13.4. The molecule has 0 saturated heterocycles. The zero-order valence-corrected chi connectivity index (χ0v) is 10.3. The van der Waals surface area contributed by atoms with Crippen molar-refractivity contribution in [3.8, 4) is 6.07 Å². The normalized spacial score (nSPS) is 10.0. The topological polar surface area (TPSA) is 105 Å². The van der Waals surface area contributed by atoms with Crippen LogP contribution in [-0.2, 0) is 0 Å². The maximum absolute atomic E-state index is 8.53. The van der Waals surface area contributed by atoms with Crippen molar-refractivity contribution in [1.82, 2.24) is 0 Å². The number of rotatable bonds is 5. The van der Waals surface area contributed by atoms with Crippen LogP contribution in [0.15, 0.2) is 29.4 Å². The average molecular weight is 245 g/mol. The maximum Gasteiger partial charge on any atom is 0.256 e. The molecule has 0 aliphatic carbocycles. The summed E-state index contributed by atoms with van der Waals surface area (Å²) in [6, 6.07) is 9.94. The Morgan fingerprint density at radius 2 is 2.11 bits per heavy atom. The summed E-state index contributed by atoms with van der Waals surface area (Å²) in [5, 5.41) is 14.8. The SMILES string of the molecule is CN(CCC#N)c1ccc(/C=[NH+]\N=C(N)N)cc1. The van der Waals surface area contributed by atoms with E-state index in [2.05, 4.69) is 16.3 Å². The molecule has 0 aliphatic heterocycles. The summed E-state index contributed by atoms with van der Waals surface area (Å²) in [6.07, 6.45) is 2.20. The number of nitrogens with one attached hydrogen (secondary N) is 1. The highest BCUT2D eigenvalue weighted by atomic mass is 15.3. The van der Waals surface area contributed by atoms with Crippen LogP contribution in [0.2, 0.25) is 0 Å². The predicted octanol–water partition coefficient (Wildman–Crippen LogP) is -1.28. The van der Waals surface area contributed by atoms with Gasteiger partial charge in [-0.25, -0.2) is 0 Å². The van der Waals surface area contributed by atoms with E-state index in [-0.39, 0.29) is 5.96 Å². The molecule has 1 rings (SSSR count). The van der Waals surface area contributed by atoms with Gasteiger partial charge in [-0.15, -0.1) is 5.10 Å². The quantitative estimate of drug-likeness (QED) is 0.341. The zero-order valence-electron chi connectivity index (χ0n) is 10.3. The molecule has 0 saturated carbocycles. The number of guanidine groups is 1. The van der Waals surface area contributed by atoms with E-state index < -0.39 is 0 Å². The van der Waals surface area contributed by atoms with Gasteiger partial charge in [0.25, 0.3) is 5.96 Å². The second kappa shape index (κ2) is 6.91. The summed E-state index contributed by atoms with van der Waals surface area (Å²) in [6.45, 7) is 0.714. The highest BCUT2D eigenvalue weighted by Crippen LogP contribution is 2.12. The minimum absolute atomic E-state index is 0.0147. The lowest BCUT2D eigenvalue weighted by molar-refractivity contribution is -0.456. The van der Waals surface area contributed by atoms with Gasteiger partial charge in [-0.1, -0.05) is 0 Å². The molecule has 94 valence electrons. The summed E-state index contributed by atoms with van der Waals surface area (Å²) in [7, 11) is 1.95. The number of hydrazone groups is 1. The third kappa shape index (κ3) is 4.53. The van der Waals surface area contributed by atoms with E-state index in [0.29, 0.717) is 13.0 Å². The van der Waals surface area contributed by atoms with Gasteiger partial charge < -0.3 is 16.4 Å². The van der Waals surface area contributed by atoms with Crippen LogP contribution in [0.4, 0.5) is 5.69 Å². The molecule has 0 amide bonds. The standard InChI is InChI=1S/C12H16N6/c1-18(8-2-7-13)11-5-3-10(4-6-11)9-16-17-12(14)15/h3-6,9H,2,8H2,1H3,(H4,14,15,17)/p+1/b16-9-. The lowest BCUT2D eigenvalue weighted by Crippen LogP contribution is -2.63. The lowest BCUT2D eigenvalue weighted by Gasteiger charge is -2.17. The molecule has 0 aromatic heterocycles. The summed E-state index contributed by atoms with van der Waals surface area (Å²) in [5.41, 5.74) is 12.4. The van der Waals surface area contributed by atoms with Crippen LogP contribution in [-0.4, -0.2) is 25.8 Å². The number of benzene rings is 1. The highest BCUT2D eigenvalue weighted by Gasteiger charge is 2.00. The molecule has 5 N–H and O–H groups in total. The van der Waals surface area contributed by atoms with Crippen LogP contribution in [0.25, 0.3) is 0 Å².